The van der Waals surface area contributed by atoms with Crippen LogP contribution in [0.5, 0.6) is 0 Å². The van der Waals surface area contributed by atoms with E-state index in [0.717, 1.165) is 17.8 Å². The Bertz CT molecular complexity index is 834. The van der Waals surface area contributed by atoms with E-state index in [1.807, 2.05) is 48.5 Å². The number of nitrogens with one attached hydrogen (secondary N) is 2. The van der Waals surface area contributed by atoms with Crippen molar-refractivity contribution in [1.29, 1.82) is 0 Å². The van der Waals surface area contributed by atoms with Crippen molar-refractivity contribution >= 4 is 23.1 Å². The quantitative estimate of drug-likeness (QED) is 0.745. The van der Waals surface area contributed by atoms with Crippen LogP contribution in [0.4, 0.5) is 17.2 Å². The van der Waals surface area contributed by atoms with Crippen LogP contribution < -0.4 is 10.6 Å². The van der Waals surface area contributed by atoms with E-state index >= 15 is 0 Å². The zero-order valence-electron chi connectivity index (χ0n) is 13.4. The second-order valence-electron chi connectivity index (χ2n) is 5.24. The number of rotatable bonds is 5. The number of carbonyl (C=O) groups is 1. The van der Waals surface area contributed by atoms with E-state index in [9.17, 15) is 4.79 Å². The van der Waals surface area contributed by atoms with Gasteiger partial charge in [0.25, 0.3) is 5.91 Å². The normalized spacial score (nSPS) is 10.2. The van der Waals surface area contributed by atoms with Gasteiger partial charge in [-0.1, -0.05) is 43.3 Å². The molecule has 0 atom stereocenters. The summed E-state index contributed by atoms with van der Waals surface area (Å²) in [6.45, 7) is 2.10. The number of carbonyl (C=O) groups excluding carboxylic acids is 1. The summed E-state index contributed by atoms with van der Waals surface area (Å²) >= 11 is 0. The van der Waals surface area contributed by atoms with E-state index in [-0.39, 0.29) is 5.91 Å². The van der Waals surface area contributed by atoms with Gasteiger partial charge in [-0.25, -0.2) is 9.97 Å². The molecule has 24 heavy (non-hydrogen) atoms. The Balaban J connectivity index is 1.78. The zero-order valence-corrected chi connectivity index (χ0v) is 13.4. The van der Waals surface area contributed by atoms with Gasteiger partial charge in [-0.3, -0.25) is 4.79 Å². The summed E-state index contributed by atoms with van der Waals surface area (Å²) in [5, 5.41) is 6.07. The lowest BCUT2D eigenvalue weighted by Gasteiger charge is -2.10. The number of nitrogens with zero attached hydrogens (tertiary/aromatic N) is 2. The summed E-state index contributed by atoms with van der Waals surface area (Å²) < 4.78 is 0. The Morgan fingerprint density at radius 3 is 2.54 bits per heavy atom. The van der Waals surface area contributed by atoms with Gasteiger partial charge in [0.05, 0.1) is 0 Å². The molecule has 0 aliphatic rings. The molecule has 0 saturated carbocycles. The summed E-state index contributed by atoms with van der Waals surface area (Å²) in [6, 6.07) is 18.9. The Kier molecular flexibility index (Phi) is 4.81. The van der Waals surface area contributed by atoms with E-state index in [0.29, 0.717) is 11.5 Å². The molecule has 120 valence electrons. The zero-order chi connectivity index (χ0) is 16.8. The molecule has 0 unspecified atom stereocenters. The molecule has 1 amide bonds. The fourth-order valence-electron chi connectivity index (χ4n) is 2.35. The highest BCUT2D eigenvalue weighted by atomic mass is 16.1. The first-order valence-electron chi connectivity index (χ1n) is 7.79. The number of anilines is 3. The van der Waals surface area contributed by atoms with Crippen molar-refractivity contribution in [1.82, 2.24) is 9.97 Å². The fraction of sp³-hybridized carbons (Fsp3) is 0.105. The van der Waals surface area contributed by atoms with Crippen molar-refractivity contribution in [3.63, 3.8) is 0 Å². The van der Waals surface area contributed by atoms with E-state index < -0.39 is 0 Å². The minimum Gasteiger partial charge on any atom is -0.340 e. The number of hydrogen-bond acceptors (Lipinski definition) is 4. The Labute approximate surface area is 140 Å². The second-order valence-corrected chi connectivity index (χ2v) is 5.24. The van der Waals surface area contributed by atoms with E-state index in [2.05, 4.69) is 33.6 Å². The lowest BCUT2D eigenvalue weighted by molar-refractivity contribution is 0.102. The van der Waals surface area contributed by atoms with Crippen molar-refractivity contribution < 1.29 is 4.79 Å². The summed E-state index contributed by atoms with van der Waals surface area (Å²) in [7, 11) is 0. The molecule has 0 fully saturated rings. The maximum Gasteiger partial charge on any atom is 0.274 e. The minimum absolute atomic E-state index is 0.268. The van der Waals surface area contributed by atoms with Crippen LogP contribution in [0.25, 0.3) is 0 Å². The molecule has 2 aromatic carbocycles. The topological polar surface area (TPSA) is 66.9 Å². The average Bonchev–Trinajstić information content (AvgIpc) is 2.63. The molecule has 3 aromatic rings. The van der Waals surface area contributed by atoms with E-state index in [1.54, 1.807) is 6.07 Å². The van der Waals surface area contributed by atoms with Crippen molar-refractivity contribution in [3.05, 3.63) is 78.2 Å². The van der Waals surface area contributed by atoms with Gasteiger partial charge < -0.3 is 10.6 Å². The predicted octanol–water partition coefficient (Wildman–Crippen LogP) is 4.03. The lowest BCUT2D eigenvalue weighted by Crippen LogP contribution is -2.14. The van der Waals surface area contributed by atoms with Gasteiger partial charge in [0, 0.05) is 17.4 Å². The minimum atomic E-state index is -0.268. The Morgan fingerprint density at radius 2 is 1.75 bits per heavy atom. The maximum absolute atomic E-state index is 12.3. The van der Waals surface area contributed by atoms with Gasteiger partial charge in [-0.15, -0.1) is 0 Å². The number of para-hydroxylation sites is 2. The Morgan fingerprint density at radius 1 is 1.00 bits per heavy atom. The molecule has 3 rings (SSSR count). The van der Waals surface area contributed by atoms with Gasteiger partial charge in [0.15, 0.2) is 0 Å². The van der Waals surface area contributed by atoms with Crippen molar-refractivity contribution in [2.75, 3.05) is 10.6 Å². The molecule has 0 radical (unpaired) electrons. The molecule has 1 aromatic heterocycles. The van der Waals surface area contributed by atoms with E-state index in [4.69, 9.17) is 0 Å². The molecule has 0 aliphatic carbocycles. The molecular formula is C19H18N4O. The number of aryl methyl sites for hydroxylation is 1. The molecule has 0 spiro atoms. The molecule has 0 aliphatic heterocycles. The highest BCUT2D eigenvalue weighted by Crippen LogP contribution is 2.20. The van der Waals surface area contributed by atoms with Crippen LogP contribution >= 0.6 is 0 Å². The van der Waals surface area contributed by atoms with Crippen LogP contribution in [-0.4, -0.2) is 15.9 Å². The summed E-state index contributed by atoms with van der Waals surface area (Å²) in [5.41, 5.74) is 3.21. The average molecular weight is 318 g/mol. The molecule has 0 bridgehead atoms. The molecule has 0 saturated heterocycles. The van der Waals surface area contributed by atoms with Gasteiger partial charge >= 0.3 is 0 Å². The van der Waals surface area contributed by atoms with Gasteiger partial charge in [0.1, 0.15) is 17.8 Å². The predicted molar refractivity (Wildman–Crippen MR) is 95.5 cm³/mol. The van der Waals surface area contributed by atoms with Crippen LogP contribution in [0, 0.1) is 0 Å². The number of benzene rings is 2. The molecule has 1 heterocycles. The van der Waals surface area contributed by atoms with Crippen molar-refractivity contribution in [2.24, 2.45) is 0 Å². The van der Waals surface area contributed by atoms with Crippen molar-refractivity contribution in [2.45, 2.75) is 13.3 Å². The van der Waals surface area contributed by atoms with Gasteiger partial charge in [0.2, 0.25) is 0 Å². The lowest BCUT2D eigenvalue weighted by atomic mass is 10.1. The molecule has 2 N–H and O–H groups in total. The Hall–Kier alpha value is -3.21. The standard InChI is InChI=1S/C19H18N4O/c1-2-14-8-6-7-11-16(14)23-18-12-17(20-13-21-18)19(24)22-15-9-4-3-5-10-15/h3-13H,2H2,1H3,(H,22,24)(H,20,21,23). The molecule has 5 nitrogen and oxygen atoms in total. The monoisotopic (exact) mass is 318 g/mol. The van der Waals surface area contributed by atoms with Crippen LogP contribution in [0.3, 0.4) is 0 Å². The maximum atomic E-state index is 12.3. The number of aromatic nitrogens is 2. The third-order valence-electron chi connectivity index (χ3n) is 3.59. The highest BCUT2D eigenvalue weighted by molar-refractivity contribution is 6.03. The summed E-state index contributed by atoms with van der Waals surface area (Å²) in [6.07, 6.45) is 2.30. The third kappa shape index (κ3) is 3.76. The molecule has 5 heteroatoms. The van der Waals surface area contributed by atoms with Crippen LogP contribution in [0.1, 0.15) is 23.0 Å². The van der Waals surface area contributed by atoms with Gasteiger partial charge in [-0.2, -0.15) is 0 Å². The van der Waals surface area contributed by atoms with Crippen LogP contribution in [-0.2, 0) is 6.42 Å². The first-order chi connectivity index (χ1) is 11.8. The van der Waals surface area contributed by atoms with Crippen molar-refractivity contribution in [3.8, 4) is 0 Å². The summed E-state index contributed by atoms with van der Waals surface area (Å²) in [4.78, 5) is 20.6. The third-order valence-corrected chi connectivity index (χ3v) is 3.59. The first kappa shape index (κ1) is 15.7. The van der Waals surface area contributed by atoms with Crippen LogP contribution in [0.15, 0.2) is 67.0 Å². The smallest absolute Gasteiger partial charge is 0.274 e. The summed E-state index contributed by atoms with van der Waals surface area (Å²) in [5.74, 6) is 0.319. The van der Waals surface area contributed by atoms with Gasteiger partial charge in [-0.05, 0) is 30.2 Å². The van der Waals surface area contributed by atoms with Crippen LogP contribution in [0.2, 0.25) is 0 Å². The number of amides is 1. The fourth-order valence-corrected chi connectivity index (χ4v) is 2.35. The second kappa shape index (κ2) is 7.37. The first-order valence-corrected chi connectivity index (χ1v) is 7.79. The van der Waals surface area contributed by atoms with E-state index in [1.165, 1.54) is 11.9 Å². The highest BCUT2D eigenvalue weighted by Gasteiger charge is 2.10. The number of hydrogen-bond donors (Lipinski definition) is 2. The molecular weight excluding hydrogens is 300 g/mol. The largest absolute Gasteiger partial charge is 0.340 e. The SMILES string of the molecule is CCc1ccccc1Nc1cc(C(=O)Nc2ccccc2)ncn1.